The highest BCUT2D eigenvalue weighted by Gasteiger charge is 2.13. The molecule has 7 heteroatoms. The lowest BCUT2D eigenvalue weighted by atomic mass is 10.2. The van der Waals surface area contributed by atoms with Crippen LogP contribution >= 0.6 is 0 Å². The summed E-state index contributed by atoms with van der Waals surface area (Å²) in [6.45, 7) is 2.25. The average Bonchev–Trinajstić information content (AvgIpc) is 3.03. The van der Waals surface area contributed by atoms with E-state index in [9.17, 15) is 9.59 Å². The molecule has 0 spiro atoms. The molecule has 0 atom stereocenters. The molecule has 0 saturated heterocycles. The summed E-state index contributed by atoms with van der Waals surface area (Å²) >= 11 is 0. The van der Waals surface area contributed by atoms with Gasteiger partial charge in [-0.3, -0.25) is 9.59 Å². The Morgan fingerprint density at radius 3 is 2.57 bits per heavy atom. The highest BCUT2D eigenvalue weighted by Crippen LogP contribution is 2.18. The van der Waals surface area contributed by atoms with Gasteiger partial charge in [0.25, 0.3) is 0 Å². The molecule has 0 aliphatic carbocycles. The first-order chi connectivity index (χ1) is 13.6. The number of nitrogens with one attached hydrogen (secondary N) is 2. The zero-order chi connectivity index (χ0) is 19.9. The molecular weight excluding hydrogens is 356 g/mol. The number of para-hydroxylation sites is 2. The first kappa shape index (κ1) is 19.4. The van der Waals surface area contributed by atoms with Gasteiger partial charge >= 0.3 is 0 Å². The highest BCUT2D eigenvalue weighted by molar-refractivity contribution is 5.91. The quantitative estimate of drug-likeness (QED) is 0.589. The van der Waals surface area contributed by atoms with E-state index in [0.717, 1.165) is 29.0 Å². The highest BCUT2D eigenvalue weighted by atomic mass is 16.5. The van der Waals surface area contributed by atoms with Gasteiger partial charge in [-0.05, 0) is 42.8 Å². The topological polar surface area (TPSA) is 85.2 Å². The van der Waals surface area contributed by atoms with E-state index in [4.69, 9.17) is 4.74 Å². The maximum absolute atomic E-state index is 12.6. The number of carbonyl (C=O) groups is 2. The van der Waals surface area contributed by atoms with Crippen molar-refractivity contribution in [2.45, 2.75) is 26.3 Å². The van der Waals surface area contributed by atoms with Crippen molar-refractivity contribution in [2.24, 2.45) is 0 Å². The van der Waals surface area contributed by atoms with Gasteiger partial charge in [0.15, 0.2) is 0 Å². The molecule has 3 rings (SSSR count). The van der Waals surface area contributed by atoms with Crippen molar-refractivity contribution < 1.29 is 14.3 Å². The summed E-state index contributed by atoms with van der Waals surface area (Å²) in [7, 11) is 1.60. The van der Waals surface area contributed by atoms with Crippen LogP contribution in [0.25, 0.3) is 11.0 Å². The molecule has 0 aliphatic heterocycles. The number of aryl methyl sites for hydroxylation is 1. The van der Waals surface area contributed by atoms with Crippen molar-refractivity contribution in [1.29, 1.82) is 0 Å². The van der Waals surface area contributed by atoms with Crippen LogP contribution in [-0.2, 0) is 22.6 Å². The molecule has 0 radical (unpaired) electrons. The van der Waals surface area contributed by atoms with Crippen LogP contribution in [0.2, 0.25) is 0 Å². The molecule has 2 N–H and O–H groups in total. The van der Waals surface area contributed by atoms with Crippen LogP contribution in [0.4, 0.5) is 5.69 Å². The summed E-state index contributed by atoms with van der Waals surface area (Å²) < 4.78 is 7.07. The van der Waals surface area contributed by atoms with Crippen LogP contribution in [0.15, 0.2) is 48.5 Å². The largest absolute Gasteiger partial charge is 0.497 e. The Hall–Kier alpha value is -3.35. The number of rotatable bonds is 8. The normalized spacial score (nSPS) is 10.6. The Labute approximate surface area is 163 Å². The fourth-order valence-electron chi connectivity index (χ4n) is 3.02. The Bertz CT molecular complexity index is 963. The zero-order valence-corrected chi connectivity index (χ0v) is 16.1. The predicted molar refractivity (Wildman–Crippen MR) is 108 cm³/mol. The van der Waals surface area contributed by atoms with Gasteiger partial charge in [0.2, 0.25) is 11.8 Å². The third-order valence-electron chi connectivity index (χ3n) is 4.36. The molecule has 3 aromatic rings. The SMILES string of the molecule is COc1ccc(NC(=O)Cn2c(CCCNC(C)=O)nc3ccccc32)cc1. The smallest absolute Gasteiger partial charge is 0.244 e. The van der Waals surface area contributed by atoms with Gasteiger partial charge < -0.3 is 19.9 Å². The second-order valence-corrected chi connectivity index (χ2v) is 6.47. The van der Waals surface area contributed by atoms with E-state index in [2.05, 4.69) is 15.6 Å². The van der Waals surface area contributed by atoms with E-state index in [1.807, 2.05) is 28.8 Å². The van der Waals surface area contributed by atoms with Crippen LogP contribution in [0.3, 0.4) is 0 Å². The minimum absolute atomic E-state index is 0.0487. The molecule has 0 fully saturated rings. The van der Waals surface area contributed by atoms with Crippen LogP contribution in [0.5, 0.6) is 5.75 Å². The number of anilines is 1. The van der Waals surface area contributed by atoms with Gasteiger partial charge in [0, 0.05) is 25.6 Å². The first-order valence-corrected chi connectivity index (χ1v) is 9.19. The Kier molecular flexibility index (Phi) is 6.26. The fourth-order valence-corrected chi connectivity index (χ4v) is 3.02. The summed E-state index contributed by atoms with van der Waals surface area (Å²) in [4.78, 5) is 28.3. The van der Waals surface area contributed by atoms with Gasteiger partial charge in [-0.25, -0.2) is 4.98 Å². The minimum atomic E-state index is -0.128. The second-order valence-electron chi connectivity index (χ2n) is 6.47. The molecule has 0 saturated carbocycles. The van der Waals surface area contributed by atoms with Gasteiger partial charge in [-0.15, -0.1) is 0 Å². The third kappa shape index (κ3) is 4.88. The van der Waals surface area contributed by atoms with E-state index < -0.39 is 0 Å². The van der Waals surface area contributed by atoms with Gasteiger partial charge in [-0.1, -0.05) is 12.1 Å². The fraction of sp³-hybridized carbons (Fsp3) is 0.286. The van der Waals surface area contributed by atoms with Gasteiger partial charge in [-0.2, -0.15) is 0 Å². The lowest BCUT2D eigenvalue weighted by Crippen LogP contribution is -2.23. The number of carbonyl (C=O) groups excluding carboxylic acids is 2. The second kappa shape index (κ2) is 9.03. The zero-order valence-electron chi connectivity index (χ0n) is 16.1. The van der Waals surface area contributed by atoms with Crippen LogP contribution < -0.4 is 15.4 Å². The van der Waals surface area contributed by atoms with Crippen molar-refractivity contribution >= 4 is 28.5 Å². The van der Waals surface area contributed by atoms with E-state index in [1.165, 1.54) is 6.92 Å². The third-order valence-corrected chi connectivity index (χ3v) is 4.36. The molecule has 0 bridgehead atoms. The number of aromatic nitrogens is 2. The number of benzene rings is 2. The molecule has 1 aromatic heterocycles. The van der Waals surface area contributed by atoms with Gasteiger partial charge in [0.1, 0.15) is 18.1 Å². The number of amides is 2. The number of hydrogen-bond donors (Lipinski definition) is 2. The van der Waals surface area contributed by atoms with Gasteiger partial charge in [0.05, 0.1) is 18.1 Å². The van der Waals surface area contributed by atoms with Crippen molar-refractivity contribution in [3.8, 4) is 5.75 Å². The number of fused-ring (bicyclic) bond motifs is 1. The molecule has 0 unspecified atom stereocenters. The van der Waals surface area contributed by atoms with Crippen LogP contribution in [0, 0.1) is 0 Å². The Morgan fingerprint density at radius 1 is 1.11 bits per heavy atom. The lowest BCUT2D eigenvalue weighted by molar-refractivity contribution is -0.119. The summed E-state index contributed by atoms with van der Waals surface area (Å²) in [5.41, 5.74) is 2.48. The maximum Gasteiger partial charge on any atom is 0.244 e. The molecule has 146 valence electrons. The number of methoxy groups -OCH3 is 1. The monoisotopic (exact) mass is 380 g/mol. The summed E-state index contributed by atoms with van der Waals surface area (Å²) in [5, 5.41) is 5.69. The van der Waals surface area contributed by atoms with Crippen LogP contribution in [-0.4, -0.2) is 35.0 Å². The van der Waals surface area contributed by atoms with E-state index in [-0.39, 0.29) is 18.4 Å². The summed E-state index contributed by atoms with van der Waals surface area (Å²) in [6, 6.07) is 15.0. The minimum Gasteiger partial charge on any atom is -0.497 e. The van der Waals surface area contributed by atoms with Crippen molar-refractivity contribution in [1.82, 2.24) is 14.9 Å². The van der Waals surface area contributed by atoms with E-state index in [0.29, 0.717) is 18.7 Å². The molecule has 28 heavy (non-hydrogen) atoms. The first-order valence-electron chi connectivity index (χ1n) is 9.19. The predicted octanol–water partition coefficient (Wildman–Crippen LogP) is 2.75. The van der Waals surface area contributed by atoms with E-state index >= 15 is 0 Å². The molecule has 2 amide bonds. The van der Waals surface area contributed by atoms with Crippen LogP contribution in [0.1, 0.15) is 19.2 Å². The number of ether oxygens (including phenoxy) is 1. The summed E-state index contributed by atoms with van der Waals surface area (Å²) in [5.74, 6) is 1.39. The van der Waals surface area contributed by atoms with E-state index in [1.54, 1.807) is 31.4 Å². The standard InChI is InChI=1S/C21H24N4O3/c1-15(26)22-13-5-8-20-24-18-6-3-4-7-19(18)25(20)14-21(27)23-16-9-11-17(28-2)12-10-16/h3-4,6-7,9-12H,5,8,13-14H2,1-2H3,(H,22,26)(H,23,27). The molecule has 0 aliphatic rings. The number of nitrogens with zero attached hydrogens (tertiary/aromatic N) is 2. The number of imidazole rings is 1. The average molecular weight is 380 g/mol. The van der Waals surface area contributed by atoms with Crippen molar-refractivity contribution in [3.63, 3.8) is 0 Å². The maximum atomic E-state index is 12.6. The molecule has 1 heterocycles. The molecular formula is C21H24N4O3. The Balaban J connectivity index is 1.73. The summed E-state index contributed by atoms with van der Waals surface area (Å²) in [6.07, 6.45) is 1.42. The number of hydrogen-bond acceptors (Lipinski definition) is 4. The molecule has 7 nitrogen and oxygen atoms in total. The van der Waals surface area contributed by atoms with Crippen molar-refractivity contribution in [2.75, 3.05) is 19.0 Å². The van der Waals surface area contributed by atoms with Crippen molar-refractivity contribution in [3.05, 3.63) is 54.4 Å². The Morgan fingerprint density at radius 2 is 1.86 bits per heavy atom. The molecule has 2 aromatic carbocycles. The lowest BCUT2D eigenvalue weighted by Gasteiger charge is -2.11.